The maximum absolute atomic E-state index is 12.9. The van der Waals surface area contributed by atoms with Gasteiger partial charge in [-0.3, -0.25) is 14.4 Å². The van der Waals surface area contributed by atoms with Crippen LogP contribution in [0.2, 0.25) is 0 Å². The minimum Gasteiger partial charge on any atom is -0.462 e. The molecule has 0 saturated heterocycles. The van der Waals surface area contributed by atoms with Crippen molar-refractivity contribution >= 4 is 17.9 Å². The summed E-state index contributed by atoms with van der Waals surface area (Å²) in [5.74, 6) is -0.846. The molecule has 0 aromatic carbocycles. The number of unbranched alkanes of at least 4 members (excludes halogenated alkanes) is 40. The van der Waals surface area contributed by atoms with Gasteiger partial charge in [-0.2, -0.15) is 0 Å². The molecule has 0 aromatic rings. The Kier molecular flexibility index (Phi) is 64.7. The number of carbonyl (C=O) groups is 3. The molecule has 1 unspecified atom stereocenters. The van der Waals surface area contributed by atoms with Crippen molar-refractivity contribution in [2.24, 2.45) is 0 Å². The Morgan fingerprint density at radius 3 is 0.772 bits per heavy atom. The van der Waals surface area contributed by atoms with E-state index in [1.807, 2.05) is 0 Å². The summed E-state index contributed by atoms with van der Waals surface area (Å²) in [4.78, 5) is 38.3. The van der Waals surface area contributed by atoms with Crippen molar-refractivity contribution < 1.29 is 28.6 Å². The normalized spacial score (nSPS) is 12.5. The highest BCUT2D eigenvalue weighted by atomic mass is 16.6. The summed E-state index contributed by atoms with van der Waals surface area (Å²) >= 11 is 0. The van der Waals surface area contributed by atoms with Crippen LogP contribution in [0, 0.1) is 0 Å². The predicted octanol–water partition coefficient (Wildman–Crippen LogP) is 23.7. The quantitative estimate of drug-likeness (QED) is 0.0261. The lowest BCUT2D eigenvalue weighted by Crippen LogP contribution is -2.30. The molecule has 0 radical (unpaired) electrons. The van der Waals surface area contributed by atoms with Gasteiger partial charge in [0.25, 0.3) is 0 Å². The molecular formula is C73H130O6. The molecule has 0 fully saturated rings. The lowest BCUT2D eigenvalue weighted by molar-refractivity contribution is -0.167. The van der Waals surface area contributed by atoms with E-state index in [-0.39, 0.29) is 31.1 Å². The molecule has 0 spiro atoms. The van der Waals surface area contributed by atoms with Crippen molar-refractivity contribution in [2.45, 2.75) is 361 Å². The van der Waals surface area contributed by atoms with E-state index in [9.17, 15) is 14.4 Å². The maximum atomic E-state index is 12.9. The van der Waals surface area contributed by atoms with Crippen molar-refractivity contribution in [3.63, 3.8) is 0 Å². The third-order valence-electron chi connectivity index (χ3n) is 15.2. The fourth-order valence-corrected chi connectivity index (χ4v) is 10.1. The summed E-state index contributed by atoms with van der Waals surface area (Å²) in [5, 5.41) is 0. The maximum Gasteiger partial charge on any atom is 0.306 e. The molecule has 0 aromatic heterocycles. The van der Waals surface area contributed by atoms with Gasteiger partial charge in [-0.05, 0) is 70.6 Å². The third-order valence-corrected chi connectivity index (χ3v) is 15.2. The van der Waals surface area contributed by atoms with Crippen LogP contribution in [-0.2, 0) is 28.6 Å². The summed E-state index contributed by atoms with van der Waals surface area (Å²) in [7, 11) is 0. The van der Waals surface area contributed by atoms with Gasteiger partial charge >= 0.3 is 17.9 Å². The highest BCUT2D eigenvalue weighted by Gasteiger charge is 2.19. The zero-order chi connectivity index (χ0) is 57.1. The van der Waals surface area contributed by atoms with Crippen molar-refractivity contribution in [1.82, 2.24) is 0 Å². The van der Waals surface area contributed by atoms with Gasteiger partial charge in [0.15, 0.2) is 6.10 Å². The van der Waals surface area contributed by atoms with Crippen LogP contribution in [-0.4, -0.2) is 37.2 Å². The highest BCUT2D eigenvalue weighted by molar-refractivity contribution is 5.71. The first-order valence-electron chi connectivity index (χ1n) is 34.4. The Morgan fingerprint density at radius 1 is 0.266 bits per heavy atom. The first-order chi connectivity index (χ1) is 39.0. The Bertz CT molecular complexity index is 1450. The third kappa shape index (κ3) is 65.5. The van der Waals surface area contributed by atoms with Crippen LogP contribution in [0.1, 0.15) is 355 Å². The molecule has 0 N–H and O–H groups in total. The molecule has 0 aliphatic carbocycles. The van der Waals surface area contributed by atoms with Gasteiger partial charge in [0, 0.05) is 19.3 Å². The van der Waals surface area contributed by atoms with Crippen LogP contribution in [0.4, 0.5) is 0 Å². The minimum atomic E-state index is -0.770. The molecule has 6 nitrogen and oxygen atoms in total. The van der Waals surface area contributed by atoms with E-state index >= 15 is 0 Å². The summed E-state index contributed by atoms with van der Waals surface area (Å²) < 4.78 is 17.0. The summed E-state index contributed by atoms with van der Waals surface area (Å²) in [6, 6.07) is 0. The van der Waals surface area contributed by atoms with Gasteiger partial charge in [-0.1, -0.05) is 338 Å². The fourth-order valence-electron chi connectivity index (χ4n) is 10.1. The van der Waals surface area contributed by atoms with E-state index < -0.39 is 6.10 Å². The van der Waals surface area contributed by atoms with E-state index in [1.165, 1.54) is 218 Å². The van der Waals surface area contributed by atoms with Crippen molar-refractivity contribution in [1.29, 1.82) is 0 Å². The van der Waals surface area contributed by atoms with E-state index in [1.54, 1.807) is 0 Å². The van der Waals surface area contributed by atoms with Crippen molar-refractivity contribution in [2.75, 3.05) is 13.2 Å². The Hall–Kier alpha value is -3.15. The summed E-state index contributed by atoms with van der Waals surface area (Å²) in [6.07, 6.45) is 87.8. The first-order valence-corrected chi connectivity index (χ1v) is 34.4. The topological polar surface area (TPSA) is 78.9 Å². The molecule has 0 heterocycles. The summed E-state index contributed by atoms with van der Waals surface area (Å²) in [6.45, 7) is 6.58. The lowest BCUT2D eigenvalue weighted by Gasteiger charge is -2.18. The van der Waals surface area contributed by atoms with E-state index in [2.05, 4.69) is 93.7 Å². The van der Waals surface area contributed by atoms with Crippen LogP contribution in [0.15, 0.2) is 72.9 Å². The zero-order valence-electron chi connectivity index (χ0n) is 52.6. The molecule has 0 aliphatic rings. The Labute approximate surface area is 491 Å². The molecule has 1 atom stereocenters. The smallest absolute Gasteiger partial charge is 0.306 e. The molecule has 0 bridgehead atoms. The monoisotopic (exact) mass is 1100 g/mol. The number of hydrogen-bond donors (Lipinski definition) is 0. The largest absolute Gasteiger partial charge is 0.462 e. The second-order valence-corrected chi connectivity index (χ2v) is 23.1. The molecule has 6 heteroatoms. The van der Waals surface area contributed by atoms with Gasteiger partial charge in [-0.25, -0.2) is 0 Å². The van der Waals surface area contributed by atoms with Crippen LogP contribution < -0.4 is 0 Å². The number of carbonyl (C=O) groups excluding carboxylic acids is 3. The van der Waals surface area contributed by atoms with E-state index in [0.29, 0.717) is 19.3 Å². The molecule has 0 aliphatic heterocycles. The van der Waals surface area contributed by atoms with Crippen LogP contribution in [0.3, 0.4) is 0 Å². The Balaban J connectivity index is 4.15. The van der Waals surface area contributed by atoms with Crippen LogP contribution in [0.25, 0.3) is 0 Å². The SMILES string of the molecule is CC/C=C\C/C=C\C/C=C\C/C=C\C/C=C\C/C=C\CCCCCCCCCCCCCCCCC(=O)OCC(COC(=O)CCCCCCCCCCCCCCC)OC(=O)CCCCCCCCCCCCCCCCC. The molecule has 79 heavy (non-hydrogen) atoms. The molecule has 0 amide bonds. The van der Waals surface area contributed by atoms with E-state index in [0.717, 1.165) is 96.3 Å². The van der Waals surface area contributed by atoms with Gasteiger partial charge in [0.05, 0.1) is 0 Å². The average Bonchev–Trinajstić information content (AvgIpc) is 3.45. The predicted molar refractivity (Wildman–Crippen MR) is 344 cm³/mol. The van der Waals surface area contributed by atoms with Crippen LogP contribution >= 0.6 is 0 Å². The number of rotatable bonds is 63. The standard InChI is InChI=1S/C73H130O6/c1-4-7-10-13-16-19-22-25-27-28-29-30-31-32-33-34-35-36-37-38-39-40-41-42-43-44-46-48-51-54-57-60-63-66-72(75)78-69-70(68-77-71(74)65-62-59-56-53-50-47-24-21-18-15-12-9-6-3)79-73(76)67-64-61-58-55-52-49-45-26-23-20-17-14-11-8-5-2/h7,10,16,19,25,27,29-30,32-33,35-36,70H,4-6,8-9,11-15,17-18,20-24,26,28,31,34,37-69H2,1-3H3/b10-7-,19-16-,27-25-,30-29-,33-32-,36-35-. The number of esters is 3. The summed E-state index contributed by atoms with van der Waals surface area (Å²) in [5.41, 5.74) is 0. The number of allylic oxidation sites excluding steroid dienone is 12. The molecule has 0 saturated carbocycles. The first kappa shape index (κ1) is 75.8. The van der Waals surface area contributed by atoms with Crippen molar-refractivity contribution in [3.05, 3.63) is 72.9 Å². The highest BCUT2D eigenvalue weighted by Crippen LogP contribution is 2.18. The number of hydrogen-bond acceptors (Lipinski definition) is 6. The Morgan fingerprint density at radius 2 is 0.494 bits per heavy atom. The fraction of sp³-hybridized carbons (Fsp3) is 0.795. The minimum absolute atomic E-state index is 0.0680. The van der Waals surface area contributed by atoms with Crippen molar-refractivity contribution in [3.8, 4) is 0 Å². The van der Waals surface area contributed by atoms with Crippen LogP contribution in [0.5, 0.6) is 0 Å². The van der Waals surface area contributed by atoms with E-state index in [4.69, 9.17) is 14.2 Å². The molecule has 458 valence electrons. The lowest BCUT2D eigenvalue weighted by atomic mass is 10.0. The van der Waals surface area contributed by atoms with Gasteiger partial charge in [0.2, 0.25) is 0 Å². The second-order valence-electron chi connectivity index (χ2n) is 23.1. The second kappa shape index (κ2) is 67.4. The van der Waals surface area contributed by atoms with Gasteiger partial charge < -0.3 is 14.2 Å². The van der Waals surface area contributed by atoms with Gasteiger partial charge in [0.1, 0.15) is 13.2 Å². The zero-order valence-corrected chi connectivity index (χ0v) is 52.6. The average molecular weight is 1100 g/mol. The van der Waals surface area contributed by atoms with Gasteiger partial charge in [-0.15, -0.1) is 0 Å². The number of ether oxygens (including phenoxy) is 3. The molecule has 0 rings (SSSR count). The molecular weight excluding hydrogens is 973 g/mol.